The Morgan fingerprint density at radius 1 is 1.40 bits per heavy atom. The molecule has 1 fully saturated rings. The maximum Gasteiger partial charge on any atom is 0.522 e. The molecule has 2 aromatic rings. The molecule has 25 heavy (non-hydrogen) atoms. The van der Waals surface area contributed by atoms with Crippen molar-refractivity contribution in [1.82, 2.24) is 5.16 Å². The van der Waals surface area contributed by atoms with Crippen LogP contribution in [0.1, 0.15) is 10.4 Å². The number of alkyl halides is 3. The van der Waals surface area contributed by atoms with Crippen molar-refractivity contribution in [3.63, 3.8) is 0 Å². The highest BCUT2D eigenvalue weighted by molar-refractivity contribution is 8.14. The van der Waals surface area contributed by atoms with Crippen LogP contribution in [-0.4, -0.2) is 41.4 Å². The SMILES string of the molecule is O=Cc1cc2c(N3CC(COC(F)(F)F)SC3=O)noc2c(F)c1F. The van der Waals surface area contributed by atoms with Gasteiger partial charge in [0.15, 0.2) is 17.9 Å². The van der Waals surface area contributed by atoms with Gasteiger partial charge in [-0.2, -0.15) is 4.39 Å². The first-order valence-corrected chi connectivity index (χ1v) is 7.50. The van der Waals surface area contributed by atoms with Crippen LogP contribution >= 0.6 is 11.8 Å². The summed E-state index contributed by atoms with van der Waals surface area (Å²) in [5.41, 5.74) is -1.21. The molecule has 6 nitrogen and oxygen atoms in total. The molecular weight excluding hydrogens is 375 g/mol. The maximum absolute atomic E-state index is 13.9. The number of ether oxygens (including phenoxy) is 1. The molecule has 1 aromatic heterocycles. The summed E-state index contributed by atoms with van der Waals surface area (Å²) < 4.78 is 72.0. The van der Waals surface area contributed by atoms with Crippen molar-refractivity contribution in [1.29, 1.82) is 0 Å². The third-order valence-corrected chi connectivity index (χ3v) is 4.38. The van der Waals surface area contributed by atoms with E-state index in [0.29, 0.717) is 11.8 Å². The maximum atomic E-state index is 13.9. The van der Waals surface area contributed by atoms with E-state index in [0.717, 1.165) is 11.0 Å². The molecule has 0 aliphatic carbocycles. The summed E-state index contributed by atoms with van der Waals surface area (Å²) in [7, 11) is 0. The van der Waals surface area contributed by atoms with Gasteiger partial charge in [0.1, 0.15) is 0 Å². The number of hydrogen-bond acceptors (Lipinski definition) is 6. The van der Waals surface area contributed by atoms with Gasteiger partial charge in [0.05, 0.1) is 22.8 Å². The van der Waals surface area contributed by atoms with Crippen LogP contribution in [-0.2, 0) is 4.74 Å². The largest absolute Gasteiger partial charge is 0.522 e. The molecule has 1 unspecified atom stereocenters. The summed E-state index contributed by atoms with van der Waals surface area (Å²) in [5.74, 6) is -3.10. The first-order chi connectivity index (χ1) is 11.7. The van der Waals surface area contributed by atoms with E-state index in [1.165, 1.54) is 0 Å². The molecule has 134 valence electrons. The lowest BCUT2D eigenvalue weighted by molar-refractivity contribution is -0.323. The average Bonchev–Trinajstić information content (AvgIpc) is 3.11. The third kappa shape index (κ3) is 3.31. The molecule has 1 amide bonds. The summed E-state index contributed by atoms with van der Waals surface area (Å²) in [6.07, 6.45) is -4.76. The number of rotatable bonds is 4. The molecule has 1 saturated heterocycles. The van der Waals surface area contributed by atoms with Crippen molar-refractivity contribution >= 4 is 40.1 Å². The van der Waals surface area contributed by atoms with Gasteiger partial charge in [-0.1, -0.05) is 16.9 Å². The quantitative estimate of drug-likeness (QED) is 0.595. The molecule has 12 heteroatoms. The normalized spacial score (nSPS) is 18.4. The van der Waals surface area contributed by atoms with Gasteiger partial charge in [0.2, 0.25) is 11.4 Å². The molecule has 1 atom stereocenters. The Hall–Kier alpha value is -2.21. The minimum Gasteiger partial charge on any atom is -0.351 e. The van der Waals surface area contributed by atoms with Crippen molar-refractivity contribution in [3.8, 4) is 0 Å². The van der Waals surface area contributed by atoms with Crippen LogP contribution in [0.25, 0.3) is 11.0 Å². The predicted octanol–water partition coefficient (Wildman–Crippen LogP) is 3.50. The lowest BCUT2D eigenvalue weighted by Crippen LogP contribution is -2.28. The van der Waals surface area contributed by atoms with Crippen molar-refractivity contribution in [2.75, 3.05) is 18.1 Å². The highest BCUT2D eigenvalue weighted by Gasteiger charge is 2.38. The van der Waals surface area contributed by atoms with Gasteiger partial charge >= 0.3 is 6.36 Å². The van der Waals surface area contributed by atoms with E-state index in [2.05, 4.69) is 14.4 Å². The predicted molar refractivity (Wildman–Crippen MR) is 75.4 cm³/mol. The molecule has 0 spiro atoms. The van der Waals surface area contributed by atoms with E-state index in [9.17, 15) is 31.5 Å². The fraction of sp³-hybridized carbons (Fsp3) is 0.308. The molecule has 2 heterocycles. The number of carbonyl (C=O) groups is 2. The second kappa shape index (κ2) is 6.26. The number of aromatic nitrogens is 1. The van der Waals surface area contributed by atoms with Crippen molar-refractivity contribution in [3.05, 3.63) is 23.3 Å². The average molecular weight is 382 g/mol. The minimum absolute atomic E-state index is 0.0785. The fourth-order valence-electron chi connectivity index (χ4n) is 2.27. The molecule has 0 radical (unpaired) electrons. The molecule has 3 rings (SSSR count). The Balaban J connectivity index is 1.91. The summed E-state index contributed by atoms with van der Waals surface area (Å²) in [5, 5.41) is 1.82. The van der Waals surface area contributed by atoms with E-state index in [1.807, 2.05) is 0 Å². The number of anilines is 1. The third-order valence-electron chi connectivity index (χ3n) is 3.34. The number of nitrogens with zero attached hydrogens (tertiary/aromatic N) is 2. The van der Waals surface area contributed by atoms with Crippen molar-refractivity contribution in [2.24, 2.45) is 0 Å². The minimum atomic E-state index is -4.84. The van der Waals surface area contributed by atoms with Crippen LogP contribution in [0.15, 0.2) is 10.6 Å². The van der Waals surface area contributed by atoms with Crippen LogP contribution in [0.3, 0.4) is 0 Å². The fourth-order valence-corrected chi connectivity index (χ4v) is 3.20. The van der Waals surface area contributed by atoms with Crippen LogP contribution in [0.4, 0.5) is 32.6 Å². The summed E-state index contributed by atoms with van der Waals surface area (Å²) in [6.45, 7) is -0.981. The Morgan fingerprint density at radius 3 is 2.76 bits per heavy atom. The van der Waals surface area contributed by atoms with E-state index in [-0.39, 0.29) is 24.0 Å². The highest BCUT2D eigenvalue weighted by atomic mass is 32.2. The van der Waals surface area contributed by atoms with E-state index < -0.39 is 46.2 Å². The molecule has 1 aromatic carbocycles. The Labute approximate surface area is 139 Å². The van der Waals surface area contributed by atoms with Gasteiger partial charge in [0.25, 0.3) is 5.24 Å². The Kier molecular flexibility index (Phi) is 4.41. The first-order valence-electron chi connectivity index (χ1n) is 6.62. The zero-order valence-electron chi connectivity index (χ0n) is 12.0. The van der Waals surface area contributed by atoms with Crippen LogP contribution in [0.2, 0.25) is 0 Å². The first kappa shape index (κ1) is 17.6. The number of halogens is 5. The number of hydrogen-bond donors (Lipinski definition) is 0. The van der Waals surface area contributed by atoms with Gasteiger partial charge in [-0.25, -0.2) is 4.39 Å². The van der Waals surface area contributed by atoms with Gasteiger partial charge < -0.3 is 4.52 Å². The Bertz CT molecular complexity index is 853. The van der Waals surface area contributed by atoms with Gasteiger partial charge in [0, 0.05) is 6.54 Å². The zero-order valence-corrected chi connectivity index (χ0v) is 12.8. The molecule has 0 bridgehead atoms. The summed E-state index contributed by atoms with van der Waals surface area (Å²) >= 11 is 0.581. The lowest BCUT2D eigenvalue weighted by atomic mass is 10.1. The lowest BCUT2D eigenvalue weighted by Gasteiger charge is -2.13. The standard InChI is InChI=1S/C13H7F5N2O4S/c14-8-5(3-21)1-7-10(9(8)15)24-19-11(7)20-2-6(25-12(20)22)4-23-13(16,17)18/h1,3,6H,2,4H2. The van der Waals surface area contributed by atoms with Gasteiger partial charge in [-0.05, 0) is 6.07 Å². The summed E-state index contributed by atoms with van der Waals surface area (Å²) in [6, 6.07) is 0.948. The van der Waals surface area contributed by atoms with Gasteiger partial charge in [-0.3, -0.25) is 19.2 Å². The number of carbonyl (C=O) groups excluding carboxylic acids is 2. The van der Waals surface area contributed by atoms with E-state index in [4.69, 9.17) is 0 Å². The van der Waals surface area contributed by atoms with Crippen LogP contribution in [0, 0.1) is 11.6 Å². The van der Waals surface area contributed by atoms with Crippen molar-refractivity contribution < 1.29 is 40.8 Å². The van der Waals surface area contributed by atoms with Crippen LogP contribution in [0.5, 0.6) is 0 Å². The number of aldehydes is 1. The van der Waals surface area contributed by atoms with E-state index in [1.54, 1.807) is 0 Å². The number of fused-ring (bicyclic) bond motifs is 1. The van der Waals surface area contributed by atoms with Gasteiger partial charge in [-0.15, -0.1) is 13.2 Å². The Morgan fingerprint density at radius 2 is 2.12 bits per heavy atom. The molecular formula is C13H7F5N2O4S. The zero-order chi connectivity index (χ0) is 18.4. The number of thioether (sulfide) groups is 1. The second-order valence-electron chi connectivity index (χ2n) is 4.97. The number of benzene rings is 1. The number of amides is 1. The molecule has 1 aliphatic heterocycles. The van der Waals surface area contributed by atoms with Crippen molar-refractivity contribution in [2.45, 2.75) is 11.6 Å². The molecule has 0 saturated carbocycles. The monoisotopic (exact) mass is 382 g/mol. The van der Waals surface area contributed by atoms with Crippen LogP contribution < -0.4 is 4.90 Å². The van der Waals surface area contributed by atoms with E-state index >= 15 is 0 Å². The molecule has 0 N–H and O–H groups in total. The summed E-state index contributed by atoms with van der Waals surface area (Å²) in [4.78, 5) is 23.7. The highest BCUT2D eigenvalue weighted by Crippen LogP contribution is 2.36. The topological polar surface area (TPSA) is 72.6 Å². The second-order valence-corrected chi connectivity index (χ2v) is 6.22. The smallest absolute Gasteiger partial charge is 0.351 e. The molecule has 1 aliphatic rings.